The van der Waals surface area contributed by atoms with Crippen LogP contribution in [0.5, 0.6) is 5.75 Å². The van der Waals surface area contributed by atoms with Crippen LogP contribution in [0.15, 0.2) is 48.0 Å². The molecule has 34 heavy (non-hydrogen) atoms. The van der Waals surface area contributed by atoms with E-state index in [1.807, 2.05) is 57.1 Å². The summed E-state index contributed by atoms with van der Waals surface area (Å²) in [4.78, 5) is 29.9. The maximum Gasteiger partial charge on any atom is 0.295 e. The monoisotopic (exact) mass is 464 g/mol. The van der Waals surface area contributed by atoms with Crippen molar-refractivity contribution in [3.8, 4) is 5.75 Å². The summed E-state index contributed by atoms with van der Waals surface area (Å²) >= 11 is 0. The maximum atomic E-state index is 13.2. The van der Waals surface area contributed by atoms with Crippen LogP contribution in [0.4, 0.5) is 0 Å². The molecule has 0 saturated carbocycles. The van der Waals surface area contributed by atoms with Crippen LogP contribution in [0.2, 0.25) is 0 Å². The summed E-state index contributed by atoms with van der Waals surface area (Å²) in [7, 11) is 3.95. The molecule has 1 amide bonds. The summed E-state index contributed by atoms with van der Waals surface area (Å²) in [6.07, 6.45) is 0.725. The van der Waals surface area contributed by atoms with Gasteiger partial charge in [-0.2, -0.15) is 0 Å². The molecule has 1 atom stereocenters. The molecule has 1 N–H and O–H groups in total. The van der Waals surface area contributed by atoms with Gasteiger partial charge in [-0.3, -0.25) is 9.59 Å². The van der Waals surface area contributed by atoms with E-state index in [-0.39, 0.29) is 11.3 Å². The molecule has 1 unspecified atom stereocenters. The minimum atomic E-state index is -0.646. The number of rotatable bonds is 9. The quantitative estimate of drug-likeness (QED) is 0.325. The smallest absolute Gasteiger partial charge is 0.295 e. The van der Waals surface area contributed by atoms with Gasteiger partial charge in [0, 0.05) is 12.1 Å². The maximum absolute atomic E-state index is 13.2. The fraction of sp³-hybridized carbons (Fsp3) is 0.429. The van der Waals surface area contributed by atoms with Crippen molar-refractivity contribution in [2.24, 2.45) is 0 Å². The van der Waals surface area contributed by atoms with Crippen molar-refractivity contribution in [3.05, 3.63) is 70.3 Å². The van der Waals surface area contributed by atoms with Crippen molar-refractivity contribution >= 4 is 17.4 Å². The minimum absolute atomic E-state index is 0.135. The number of aliphatic hydroxyl groups is 1. The molecule has 0 radical (unpaired) electrons. The number of aryl methyl sites for hydroxylation is 1. The van der Waals surface area contributed by atoms with Crippen LogP contribution in [-0.2, 0) is 9.59 Å². The third-order valence-electron chi connectivity index (χ3n) is 6.21. The summed E-state index contributed by atoms with van der Waals surface area (Å²) in [6, 6.07) is 12.7. The second-order valence-electron chi connectivity index (χ2n) is 9.38. The third kappa shape index (κ3) is 5.33. The Morgan fingerprint density at radius 3 is 2.35 bits per heavy atom. The number of Topliss-reactive ketones (excluding diaryl/α,β-unsaturated/α-hetero) is 1. The predicted molar refractivity (Wildman–Crippen MR) is 135 cm³/mol. The highest BCUT2D eigenvalue weighted by molar-refractivity contribution is 6.46. The average Bonchev–Trinajstić information content (AvgIpc) is 3.05. The number of carbonyl (C=O) groups is 2. The Kier molecular flexibility index (Phi) is 8.15. The molecule has 1 saturated heterocycles. The van der Waals surface area contributed by atoms with E-state index in [9.17, 15) is 14.7 Å². The lowest BCUT2D eigenvalue weighted by Gasteiger charge is -2.26. The Labute approximate surface area is 202 Å². The van der Waals surface area contributed by atoms with Crippen LogP contribution < -0.4 is 4.74 Å². The number of benzene rings is 2. The van der Waals surface area contributed by atoms with Gasteiger partial charge in [0.1, 0.15) is 11.5 Å². The van der Waals surface area contributed by atoms with Crippen molar-refractivity contribution in [2.45, 2.75) is 46.1 Å². The topological polar surface area (TPSA) is 70.1 Å². The molecule has 6 nitrogen and oxygen atoms in total. The van der Waals surface area contributed by atoms with Gasteiger partial charge in [-0.15, -0.1) is 0 Å². The highest BCUT2D eigenvalue weighted by atomic mass is 16.5. The van der Waals surface area contributed by atoms with Crippen molar-refractivity contribution in [2.75, 3.05) is 33.8 Å². The zero-order chi connectivity index (χ0) is 25.0. The van der Waals surface area contributed by atoms with Crippen molar-refractivity contribution in [1.82, 2.24) is 9.80 Å². The lowest BCUT2D eigenvalue weighted by molar-refractivity contribution is -0.139. The van der Waals surface area contributed by atoms with Gasteiger partial charge in [0.15, 0.2) is 0 Å². The minimum Gasteiger partial charge on any atom is -0.507 e. The number of likely N-dealkylation sites (tertiary alicyclic amines) is 1. The van der Waals surface area contributed by atoms with E-state index in [0.29, 0.717) is 24.6 Å². The first kappa shape index (κ1) is 25.5. The lowest BCUT2D eigenvalue weighted by Crippen LogP contribution is -2.32. The van der Waals surface area contributed by atoms with Gasteiger partial charge in [0.05, 0.1) is 18.2 Å². The summed E-state index contributed by atoms with van der Waals surface area (Å²) in [5, 5.41) is 11.3. The first-order chi connectivity index (χ1) is 16.1. The van der Waals surface area contributed by atoms with Gasteiger partial charge in [-0.1, -0.05) is 38.1 Å². The number of hydrogen-bond acceptors (Lipinski definition) is 5. The molecule has 0 spiro atoms. The summed E-state index contributed by atoms with van der Waals surface area (Å²) in [5.74, 6) is -0.276. The van der Waals surface area contributed by atoms with Crippen molar-refractivity contribution in [3.63, 3.8) is 0 Å². The zero-order valence-corrected chi connectivity index (χ0v) is 21.1. The van der Waals surface area contributed by atoms with Crippen LogP contribution in [0.3, 0.4) is 0 Å². The van der Waals surface area contributed by atoms with E-state index in [1.165, 1.54) is 5.56 Å². The van der Waals surface area contributed by atoms with Gasteiger partial charge in [-0.05, 0) is 81.7 Å². The van der Waals surface area contributed by atoms with E-state index in [2.05, 4.69) is 13.8 Å². The molecule has 1 aliphatic heterocycles. The number of carbonyl (C=O) groups excluding carboxylic acids is 2. The molecular formula is C28H36N2O4. The number of amides is 1. The van der Waals surface area contributed by atoms with Gasteiger partial charge >= 0.3 is 0 Å². The molecule has 1 fully saturated rings. The average molecular weight is 465 g/mol. The number of ketones is 1. The highest BCUT2D eigenvalue weighted by Crippen LogP contribution is 2.40. The SMILES string of the molecule is CCOc1ccc(/C(O)=C2\C(=O)C(=O)N(CCCN(C)C)C2c2ccc(C(C)C)cc2)cc1C. The summed E-state index contributed by atoms with van der Waals surface area (Å²) < 4.78 is 5.61. The molecular weight excluding hydrogens is 428 g/mol. The molecule has 3 rings (SSSR count). The van der Waals surface area contributed by atoms with E-state index in [0.717, 1.165) is 29.8 Å². The van der Waals surface area contributed by atoms with Gasteiger partial charge in [-0.25, -0.2) is 0 Å². The van der Waals surface area contributed by atoms with Crippen LogP contribution >= 0.6 is 0 Å². The molecule has 1 aliphatic rings. The second kappa shape index (κ2) is 10.9. The molecule has 0 bridgehead atoms. The third-order valence-corrected chi connectivity index (χ3v) is 6.21. The van der Waals surface area contributed by atoms with E-state index < -0.39 is 17.7 Å². The van der Waals surface area contributed by atoms with Crippen molar-refractivity contribution in [1.29, 1.82) is 0 Å². The number of hydrogen-bond donors (Lipinski definition) is 1. The molecule has 2 aromatic carbocycles. The first-order valence-corrected chi connectivity index (χ1v) is 11.9. The molecule has 182 valence electrons. The van der Waals surface area contributed by atoms with Gasteiger partial charge in [0.2, 0.25) is 0 Å². The largest absolute Gasteiger partial charge is 0.507 e. The van der Waals surface area contributed by atoms with E-state index >= 15 is 0 Å². The molecule has 6 heteroatoms. The fourth-order valence-electron chi connectivity index (χ4n) is 4.35. The molecule has 0 aromatic heterocycles. The normalized spacial score (nSPS) is 17.8. The number of aliphatic hydroxyl groups excluding tert-OH is 1. The standard InChI is InChI=1S/C28H36N2O4/c1-7-34-23-14-13-22(17-19(23)4)26(31)24-25(21-11-9-20(10-12-21)18(2)3)30(28(33)27(24)32)16-8-15-29(5)6/h9-14,17-18,25,31H,7-8,15-16H2,1-6H3/b26-24+. The van der Waals surface area contributed by atoms with E-state index in [1.54, 1.807) is 23.1 Å². The van der Waals surface area contributed by atoms with Crippen molar-refractivity contribution < 1.29 is 19.4 Å². The van der Waals surface area contributed by atoms with Crippen LogP contribution in [0.1, 0.15) is 61.4 Å². The van der Waals surface area contributed by atoms with Crippen LogP contribution in [-0.4, -0.2) is 60.4 Å². The van der Waals surface area contributed by atoms with Gasteiger partial charge < -0.3 is 19.6 Å². The summed E-state index contributed by atoms with van der Waals surface area (Å²) in [6.45, 7) is 9.81. The Hall–Kier alpha value is -3.12. The Morgan fingerprint density at radius 2 is 1.79 bits per heavy atom. The number of nitrogens with zero attached hydrogens (tertiary/aromatic N) is 2. The second-order valence-corrected chi connectivity index (χ2v) is 9.38. The first-order valence-electron chi connectivity index (χ1n) is 11.9. The van der Waals surface area contributed by atoms with E-state index in [4.69, 9.17) is 4.74 Å². The lowest BCUT2D eigenvalue weighted by atomic mass is 9.93. The highest BCUT2D eigenvalue weighted by Gasteiger charge is 2.45. The predicted octanol–water partition coefficient (Wildman–Crippen LogP) is 4.89. The Morgan fingerprint density at radius 1 is 1.12 bits per heavy atom. The Bertz CT molecular complexity index is 1070. The molecule has 2 aromatic rings. The van der Waals surface area contributed by atoms with Gasteiger partial charge in [0.25, 0.3) is 11.7 Å². The number of ether oxygens (including phenoxy) is 1. The molecule has 1 heterocycles. The van der Waals surface area contributed by atoms with Crippen LogP contribution in [0, 0.1) is 6.92 Å². The van der Waals surface area contributed by atoms with Crippen LogP contribution in [0.25, 0.3) is 5.76 Å². The Balaban J connectivity index is 2.09. The summed E-state index contributed by atoms with van der Waals surface area (Å²) in [5.41, 5.74) is 3.48. The zero-order valence-electron chi connectivity index (χ0n) is 21.1. The fourth-order valence-corrected chi connectivity index (χ4v) is 4.35. The molecule has 0 aliphatic carbocycles.